The summed E-state index contributed by atoms with van der Waals surface area (Å²) in [4.78, 5) is 28.8. The Kier molecular flexibility index (Phi) is 5.09. The lowest BCUT2D eigenvalue weighted by Gasteiger charge is -2.39. The Morgan fingerprint density at radius 2 is 2.25 bits per heavy atom. The lowest BCUT2D eigenvalue weighted by Crippen LogP contribution is -2.51. The first-order chi connectivity index (χ1) is 11.6. The predicted molar refractivity (Wildman–Crippen MR) is 88.3 cm³/mol. The van der Waals surface area contributed by atoms with E-state index in [1.54, 1.807) is 20.7 Å². The van der Waals surface area contributed by atoms with E-state index in [1.165, 1.54) is 11.8 Å². The van der Waals surface area contributed by atoms with Crippen LogP contribution in [0.5, 0.6) is 0 Å². The van der Waals surface area contributed by atoms with Gasteiger partial charge in [-0.1, -0.05) is 11.8 Å². The molecule has 1 atom stereocenters. The monoisotopic (exact) mass is 353 g/mol. The molecule has 1 N–H and O–H groups in total. The fourth-order valence-electron chi connectivity index (χ4n) is 3.57. The van der Waals surface area contributed by atoms with Crippen LogP contribution in [0.15, 0.2) is 11.5 Å². The van der Waals surface area contributed by atoms with Gasteiger partial charge in [-0.3, -0.25) is 9.59 Å². The van der Waals surface area contributed by atoms with Gasteiger partial charge in [-0.05, 0) is 19.3 Å². The summed E-state index contributed by atoms with van der Waals surface area (Å²) in [7, 11) is 1.84. The minimum atomic E-state index is -0.446. The number of amides is 2. The number of aromatic nitrogens is 3. The fourth-order valence-corrected chi connectivity index (χ4v) is 4.36. The van der Waals surface area contributed by atoms with Gasteiger partial charge in [0.15, 0.2) is 5.16 Å². The van der Waals surface area contributed by atoms with Gasteiger partial charge in [-0.25, -0.2) is 0 Å². The Morgan fingerprint density at radius 1 is 1.42 bits per heavy atom. The fraction of sp³-hybridized carbons (Fsp3) is 0.733. The van der Waals surface area contributed by atoms with Crippen molar-refractivity contribution in [3.8, 4) is 0 Å². The smallest absolute Gasteiger partial charge is 0.233 e. The van der Waals surface area contributed by atoms with Gasteiger partial charge in [0.2, 0.25) is 11.8 Å². The summed E-state index contributed by atoms with van der Waals surface area (Å²) in [5.41, 5.74) is -0.446. The van der Waals surface area contributed by atoms with E-state index in [2.05, 4.69) is 10.2 Å². The minimum Gasteiger partial charge on any atom is -0.395 e. The number of β-amino-alcohol motifs (C(OH)–C–C–N with tert-alkyl or cyclic N) is 1. The minimum absolute atomic E-state index is 0.0151. The molecule has 2 aliphatic rings. The van der Waals surface area contributed by atoms with Gasteiger partial charge in [0, 0.05) is 33.2 Å². The van der Waals surface area contributed by atoms with Crippen LogP contribution < -0.4 is 0 Å². The summed E-state index contributed by atoms with van der Waals surface area (Å²) < 4.78 is 1.78. The molecule has 0 aliphatic carbocycles. The van der Waals surface area contributed by atoms with Gasteiger partial charge in [0.05, 0.1) is 17.8 Å². The van der Waals surface area contributed by atoms with Crippen LogP contribution in [0.3, 0.4) is 0 Å². The molecule has 1 aromatic rings. The second kappa shape index (κ2) is 7.10. The van der Waals surface area contributed by atoms with Gasteiger partial charge >= 0.3 is 0 Å². The molecule has 2 amide bonds. The third-order valence-electron chi connectivity index (χ3n) is 4.90. The van der Waals surface area contributed by atoms with E-state index in [0.717, 1.165) is 12.8 Å². The normalized spacial score (nSPS) is 24.2. The van der Waals surface area contributed by atoms with Crippen LogP contribution in [0.1, 0.15) is 19.3 Å². The average Bonchev–Trinajstić information content (AvgIpc) is 3.17. The molecule has 132 valence electrons. The summed E-state index contributed by atoms with van der Waals surface area (Å²) >= 11 is 1.36. The zero-order chi connectivity index (χ0) is 17.2. The second-order valence-corrected chi connectivity index (χ2v) is 7.42. The number of thioether (sulfide) groups is 1. The number of hydrogen-bond acceptors (Lipinski definition) is 6. The Balaban J connectivity index is 1.59. The quantitative estimate of drug-likeness (QED) is 0.734. The van der Waals surface area contributed by atoms with E-state index in [9.17, 15) is 9.59 Å². The first-order valence-electron chi connectivity index (χ1n) is 8.20. The third-order valence-corrected chi connectivity index (χ3v) is 5.91. The van der Waals surface area contributed by atoms with Gasteiger partial charge < -0.3 is 19.5 Å². The summed E-state index contributed by atoms with van der Waals surface area (Å²) in [6.45, 7) is 2.19. The van der Waals surface area contributed by atoms with Crippen LogP contribution in [0, 0.1) is 5.41 Å². The Hall–Kier alpha value is -1.61. The van der Waals surface area contributed by atoms with Gasteiger partial charge in [0.1, 0.15) is 6.33 Å². The van der Waals surface area contributed by atoms with Crippen molar-refractivity contribution >= 4 is 23.6 Å². The number of aliphatic hydroxyl groups is 1. The van der Waals surface area contributed by atoms with Crippen LogP contribution in [0.2, 0.25) is 0 Å². The molecule has 2 saturated heterocycles. The van der Waals surface area contributed by atoms with Gasteiger partial charge in [0.25, 0.3) is 0 Å². The highest BCUT2D eigenvalue weighted by Crippen LogP contribution is 2.40. The number of carbonyl (C=O) groups is 2. The molecule has 0 bridgehead atoms. The molecule has 1 unspecified atom stereocenters. The summed E-state index contributed by atoms with van der Waals surface area (Å²) in [6, 6.07) is 0. The molecule has 24 heavy (non-hydrogen) atoms. The first-order valence-corrected chi connectivity index (χ1v) is 9.19. The van der Waals surface area contributed by atoms with E-state index in [0.29, 0.717) is 43.5 Å². The van der Waals surface area contributed by atoms with Crippen molar-refractivity contribution < 1.29 is 14.7 Å². The molecule has 0 saturated carbocycles. The maximum absolute atomic E-state index is 12.7. The predicted octanol–water partition coefficient (Wildman–Crippen LogP) is -0.259. The molecular weight excluding hydrogens is 330 g/mol. The molecule has 2 aliphatic heterocycles. The van der Waals surface area contributed by atoms with Crippen molar-refractivity contribution in [1.82, 2.24) is 24.6 Å². The highest BCUT2D eigenvalue weighted by atomic mass is 32.2. The maximum Gasteiger partial charge on any atom is 0.233 e. The topological polar surface area (TPSA) is 91.6 Å². The van der Waals surface area contributed by atoms with E-state index < -0.39 is 5.41 Å². The Labute approximate surface area is 145 Å². The number of aliphatic hydroxyl groups excluding tert-OH is 1. The zero-order valence-corrected chi connectivity index (χ0v) is 14.7. The average molecular weight is 353 g/mol. The number of aryl methyl sites for hydroxylation is 1. The number of nitrogens with zero attached hydrogens (tertiary/aromatic N) is 5. The number of piperidine rings is 1. The summed E-state index contributed by atoms with van der Waals surface area (Å²) in [5, 5.41) is 17.6. The van der Waals surface area contributed by atoms with Gasteiger partial charge in [-0.2, -0.15) is 0 Å². The lowest BCUT2D eigenvalue weighted by molar-refractivity contribution is -0.146. The van der Waals surface area contributed by atoms with Crippen molar-refractivity contribution in [3.05, 3.63) is 6.33 Å². The number of carbonyl (C=O) groups excluding carboxylic acids is 2. The molecule has 3 heterocycles. The Bertz CT molecular complexity index is 620. The standard InChI is InChI=1S/C15H23N5O3S/c1-18-11-16-17-14(18)24-9-12(22)20-6-4-15(10-20)3-2-5-19(7-8-21)13(15)23/h11,21H,2-10H2,1H3. The van der Waals surface area contributed by atoms with Crippen LogP contribution in [-0.4, -0.2) is 80.0 Å². The van der Waals surface area contributed by atoms with Crippen molar-refractivity contribution in [3.63, 3.8) is 0 Å². The number of likely N-dealkylation sites (tertiary alicyclic amines) is 2. The number of rotatable bonds is 5. The van der Waals surface area contributed by atoms with Gasteiger partial charge in [-0.15, -0.1) is 10.2 Å². The molecule has 9 heteroatoms. The number of hydrogen-bond donors (Lipinski definition) is 1. The zero-order valence-electron chi connectivity index (χ0n) is 13.8. The summed E-state index contributed by atoms with van der Waals surface area (Å²) in [5.74, 6) is 0.433. The third kappa shape index (κ3) is 3.27. The van der Waals surface area contributed by atoms with E-state index in [4.69, 9.17) is 5.11 Å². The van der Waals surface area contributed by atoms with Crippen LogP contribution >= 0.6 is 11.8 Å². The summed E-state index contributed by atoms with van der Waals surface area (Å²) in [6.07, 6.45) is 4.08. The maximum atomic E-state index is 12.7. The highest BCUT2D eigenvalue weighted by Gasteiger charge is 2.49. The van der Waals surface area contributed by atoms with Crippen molar-refractivity contribution in [1.29, 1.82) is 0 Å². The highest BCUT2D eigenvalue weighted by molar-refractivity contribution is 7.99. The molecule has 3 rings (SSSR count). The van der Waals surface area contributed by atoms with E-state index in [1.807, 2.05) is 7.05 Å². The molecule has 0 radical (unpaired) electrons. The molecular formula is C15H23N5O3S. The van der Waals surface area contributed by atoms with Crippen molar-refractivity contribution in [2.75, 3.05) is 38.5 Å². The van der Waals surface area contributed by atoms with Crippen LogP contribution in [0.25, 0.3) is 0 Å². The SMILES string of the molecule is Cn1cnnc1SCC(=O)N1CCC2(CCCN(CCO)C2=O)C1. The molecule has 2 fully saturated rings. The molecule has 1 aromatic heterocycles. The van der Waals surface area contributed by atoms with E-state index >= 15 is 0 Å². The molecule has 8 nitrogen and oxygen atoms in total. The van der Waals surface area contributed by atoms with Crippen LogP contribution in [0.4, 0.5) is 0 Å². The first kappa shape index (κ1) is 17.2. The van der Waals surface area contributed by atoms with E-state index in [-0.39, 0.29) is 18.4 Å². The van der Waals surface area contributed by atoms with Crippen LogP contribution in [-0.2, 0) is 16.6 Å². The second-order valence-electron chi connectivity index (χ2n) is 6.48. The molecule has 1 spiro atoms. The largest absolute Gasteiger partial charge is 0.395 e. The lowest BCUT2D eigenvalue weighted by atomic mass is 9.78. The van der Waals surface area contributed by atoms with Crippen molar-refractivity contribution in [2.45, 2.75) is 24.4 Å². The van der Waals surface area contributed by atoms with Crippen molar-refractivity contribution in [2.24, 2.45) is 12.5 Å². The molecule has 0 aromatic carbocycles. The Morgan fingerprint density at radius 3 is 2.96 bits per heavy atom.